The fourth-order valence-electron chi connectivity index (χ4n) is 2.96. The topological polar surface area (TPSA) is 9.23 Å². The van der Waals surface area contributed by atoms with Gasteiger partial charge in [0.1, 0.15) is 0 Å². The van der Waals surface area contributed by atoms with E-state index in [-0.39, 0.29) is 10.8 Å². The Balaban J connectivity index is 1.88. The fraction of sp³-hybridized carbons (Fsp3) is 0.600. The van der Waals surface area contributed by atoms with Gasteiger partial charge in [-0.1, -0.05) is 64.2 Å². The zero-order valence-corrected chi connectivity index (χ0v) is 14.1. The summed E-state index contributed by atoms with van der Waals surface area (Å²) < 4.78 is 6.12. The molecule has 0 aliphatic heterocycles. The molecule has 21 heavy (non-hydrogen) atoms. The van der Waals surface area contributed by atoms with E-state index >= 15 is 0 Å². The maximum atomic E-state index is 6.12. The molecule has 0 saturated carbocycles. The first-order chi connectivity index (χ1) is 9.92. The summed E-state index contributed by atoms with van der Waals surface area (Å²) in [5.74, 6) is 0. The van der Waals surface area contributed by atoms with Crippen LogP contribution in [-0.2, 0) is 4.74 Å². The van der Waals surface area contributed by atoms with Gasteiger partial charge in [0.2, 0.25) is 0 Å². The number of hydrogen-bond acceptors (Lipinski definition) is 1. The largest absolute Gasteiger partial charge is 0.380 e. The number of allylic oxidation sites excluding steroid dienone is 6. The molecule has 0 atom stereocenters. The molecule has 0 aromatic carbocycles. The number of rotatable bonds is 6. The van der Waals surface area contributed by atoms with Crippen LogP contribution in [-0.4, -0.2) is 13.2 Å². The monoisotopic (exact) mass is 286 g/mol. The molecule has 0 amide bonds. The van der Waals surface area contributed by atoms with Crippen molar-refractivity contribution in [2.24, 2.45) is 10.8 Å². The lowest BCUT2D eigenvalue weighted by Gasteiger charge is -2.32. The first kappa shape index (κ1) is 16.3. The number of ether oxygens (including phenoxy) is 1. The molecule has 0 aromatic rings. The summed E-state index contributed by atoms with van der Waals surface area (Å²) in [6.45, 7) is 10.7. The van der Waals surface area contributed by atoms with E-state index in [4.69, 9.17) is 4.74 Å². The van der Waals surface area contributed by atoms with Crippen molar-refractivity contribution in [2.75, 3.05) is 13.2 Å². The van der Waals surface area contributed by atoms with Crippen molar-refractivity contribution in [3.63, 3.8) is 0 Å². The highest BCUT2D eigenvalue weighted by atomic mass is 16.5. The minimum absolute atomic E-state index is 0.101. The SMILES string of the molecule is CC(C)(COCC(C)(C)C1=CCCC=C1)C1=CCCC=C1. The molecule has 2 rings (SSSR count). The first-order valence-electron chi connectivity index (χ1n) is 8.24. The second-order valence-electron chi connectivity index (χ2n) is 7.54. The molecular weight excluding hydrogens is 256 g/mol. The van der Waals surface area contributed by atoms with Crippen molar-refractivity contribution in [3.05, 3.63) is 47.6 Å². The van der Waals surface area contributed by atoms with Crippen LogP contribution in [0.1, 0.15) is 53.4 Å². The summed E-state index contributed by atoms with van der Waals surface area (Å²) in [7, 11) is 0. The molecule has 116 valence electrons. The Morgan fingerprint density at radius 1 is 0.762 bits per heavy atom. The van der Waals surface area contributed by atoms with Crippen LogP contribution >= 0.6 is 0 Å². The molecule has 0 saturated heterocycles. The molecule has 0 heterocycles. The highest BCUT2D eigenvalue weighted by molar-refractivity contribution is 5.29. The van der Waals surface area contributed by atoms with Crippen molar-refractivity contribution in [2.45, 2.75) is 53.4 Å². The summed E-state index contributed by atoms with van der Waals surface area (Å²) in [5.41, 5.74) is 3.04. The molecule has 1 heteroatoms. The average molecular weight is 286 g/mol. The van der Waals surface area contributed by atoms with Crippen molar-refractivity contribution in [1.82, 2.24) is 0 Å². The van der Waals surface area contributed by atoms with Crippen molar-refractivity contribution >= 4 is 0 Å². The number of hydrogen-bond donors (Lipinski definition) is 0. The maximum Gasteiger partial charge on any atom is 0.0557 e. The van der Waals surface area contributed by atoms with Gasteiger partial charge in [0, 0.05) is 10.8 Å². The third kappa shape index (κ3) is 4.44. The van der Waals surface area contributed by atoms with E-state index < -0.39 is 0 Å². The van der Waals surface area contributed by atoms with Crippen LogP contribution in [0.4, 0.5) is 0 Å². The Kier molecular flexibility index (Phi) is 5.27. The zero-order valence-electron chi connectivity index (χ0n) is 14.1. The highest BCUT2D eigenvalue weighted by Crippen LogP contribution is 2.34. The van der Waals surface area contributed by atoms with Gasteiger partial charge in [0.15, 0.2) is 0 Å². The van der Waals surface area contributed by atoms with Gasteiger partial charge < -0.3 is 4.74 Å². The van der Waals surface area contributed by atoms with Crippen LogP contribution in [0.3, 0.4) is 0 Å². The Labute approximate surface area is 130 Å². The Hall–Kier alpha value is -1.08. The summed E-state index contributed by atoms with van der Waals surface area (Å²) >= 11 is 0. The van der Waals surface area contributed by atoms with Gasteiger partial charge in [-0.3, -0.25) is 0 Å². The molecule has 2 aliphatic carbocycles. The molecule has 0 radical (unpaired) electrons. The lowest BCUT2D eigenvalue weighted by Crippen LogP contribution is -2.28. The normalized spacial score (nSPS) is 19.4. The van der Waals surface area contributed by atoms with Crippen LogP contribution in [0.25, 0.3) is 0 Å². The van der Waals surface area contributed by atoms with Crippen LogP contribution in [0.15, 0.2) is 47.6 Å². The molecule has 0 fully saturated rings. The van der Waals surface area contributed by atoms with E-state index in [2.05, 4.69) is 64.2 Å². The predicted octanol–water partition coefficient (Wildman–Crippen LogP) is 5.61. The van der Waals surface area contributed by atoms with Crippen LogP contribution in [0, 0.1) is 10.8 Å². The minimum Gasteiger partial charge on any atom is -0.380 e. The maximum absolute atomic E-state index is 6.12. The van der Waals surface area contributed by atoms with Gasteiger partial charge in [-0.2, -0.15) is 0 Å². The van der Waals surface area contributed by atoms with Gasteiger partial charge >= 0.3 is 0 Å². The van der Waals surface area contributed by atoms with Crippen molar-refractivity contribution < 1.29 is 4.74 Å². The summed E-state index contributed by atoms with van der Waals surface area (Å²) in [6.07, 6.45) is 18.5. The Bertz CT molecular complexity index is 428. The van der Waals surface area contributed by atoms with Crippen LogP contribution in [0.5, 0.6) is 0 Å². The molecule has 0 bridgehead atoms. The molecule has 1 nitrogen and oxygen atoms in total. The zero-order chi connectivity index (χ0) is 15.3. The highest BCUT2D eigenvalue weighted by Gasteiger charge is 2.26. The van der Waals surface area contributed by atoms with Gasteiger partial charge in [-0.25, -0.2) is 0 Å². The average Bonchev–Trinajstić information content (AvgIpc) is 2.49. The minimum atomic E-state index is 0.101. The molecule has 0 N–H and O–H groups in total. The van der Waals surface area contributed by atoms with Gasteiger partial charge in [0.25, 0.3) is 0 Å². The van der Waals surface area contributed by atoms with E-state index in [1.165, 1.54) is 36.8 Å². The Morgan fingerprint density at radius 2 is 1.19 bits per heavy atom. The van der Waals surface area contributed by atoms with Crippen molar-refractivity contribution in [1.29, 1.82) is 0 Å². The second kappa shape index (κ2) is 6.79. The predicted molar refractivity (Wildman–Crippen MR) is 91.3 cm³/mol. The van der Waals surface area contributed by atoms with E-state index in [0.717, 1.165) is 13.2 Å². The summed E-state index contributed by atoms with van der Waals surface area (Å²) in [5, 5.41) is 0. The quantitative estimate of drug-likeness (QED) is 0.617. The fourth-order valence-corrected chi connectivity index (χ4v) is 2.96. The van der Waals surface area contributed by atoms with E-state index in [0.29, 0.717) is 0 Å². The van der Waals surface area contributed by atoms with Gasteiger partial charge in [-0.05, 0) is 36.8 Å². The molecule has 0 aromatic heterocycles. The lowest BCUT2D eigenvalue weighted by atomic mass is 9.81. The van der Waals surface area contributed by atoms with Gasteiger partial charge in [0.05, 0.1) is 13.2 Å². The lowest BCUT2D eigenvalue weighted by molar-refractivity contribution is 0.0401. The van der Waals surface area contributed by atoms with E-state index in [1.807, 2.05) is 0 Å². The Morgan fingerprint density at radius 3 is 1.52 bits per heavy atom. The summed E-state index contributed by atoms with van der Waals surface area (Å²) in [6, 6.07) is 0. The first-order valence-corrected chi connectivity index (χ1v) is 8.24. The molecule has 0 spiro atoms. The van der Waals surface area contributed by atoms with Crippen LogP contribution in [0.2, 0.25) is 0 Å². The second-order valence-corrected chi connectivity index (χ2v) is 7.54. The third-order valence-corrected chi connectivity index (χ3v) is 4.48. The van der Waals surface area contributed by atoms with E-state index in [9.17, 15) is 0 Å². The molecule has 0 unspecified atom stereocenters. The third-order valence-electron chi connectivity index (χ3n) is 4.48. The van der Waals surface area contributed by atoms with E-state index in [1.54, 1.807) is 0 Å². The van der Waals surface area contributed by atoms with Crippen molar-refractivity contribution in [3.8, 4) is 0 Å². The summed E-state index contributed by atoms with van der Waals surface area (Å²) in [4.78, 5) is 0. The standard InChI is InChI=1S/C20H30O/c1-19(2,17-11-7-5-8-12-17)15-21-16-20(3,4)18-13-9-6-10-14-18/h7,9,11-14H,5-6,8,10,15-16H2,1-4H3. The van der Waals surface area contributed by atoms with Crippen LogP contribution < -0.4 is 0 Å². The molecule has 2 aliphatic rings. The van der Waals surface area contributed by atoms with Gasteiger partial charge in [-0.15, -0.1) is 0 Å². The molecular formula is C20H30O. The smallest absolute Gasteiger partial charge is 0.0557 e.